The molecule has 2 amide bonds. The second-order valence-electron chi connectivity index (χ2n) is 5.65. The van der Waals surface area contributed by atoms with E-state index in [4.69, 9.17) is 0 Å². The van der Waals surface area contributed by atoms with Crippen LogP contribution in [0.2, 0.25) is 0 Å². The third-order valence-corrected chi connectivity index (χ3v) is 3.49. The molecule has 0 rings (SSSR count). The highest BCUT2D eigenvalue weighted by molar-refractivity contribution is 5.89. The van der Waals surface area contributed by atoms with Crippen molar-refractivity contribution in [1.29, 1.82) is 0 Å². The van der Waals surface area contributed by atoms with Crippen LogP contribution in [-0.4, -0.2) is 42.7 Å². The van der Waals surface area contributed by atoms with Crippen molar-refractivity contribution in [2.24, 2.45) is 0 Å². The smallest absolute Gasteiger partial charge is 0.351 e. The van der Waals surface area contributed by atoms with Crippen molar-refractivity contribution in [2.45, 2.75) is 70.1 Å². The second-order valence-corrected chi connectivity index (χ2v) is 5.65. The molecule has 0 aromatic rings. The third kappa shape index (κ3) is 5.78. The zero-order chi connectivity index (χ0) is 19.7. The first-order valence-electron chi connectivity index (χ1n) is 8.16. The van der Waals surface area contributed by atoms with Gasteiger partial charge in [0, 0.05) is 13.1 Å². The van der Waals surface area contributed by atoms with Gasteiger partial charge < -0.3 is 10.6 Å². The van der Waals surface area contributed by atoms with Crippen molar-refractivity contribution in [3.05, 3.63) is 0 Å². The molecule has 25 heavy (non-hydrogen) atoms. The Morgan fingerprint density at radius 1 is 0.680 bits per heavy atom. The van der Waals surface area contributed by atoms with E-state index in [0.29, 0.717) is 25.7 Å². The molecule has 0 aliphatic rings. The van der Waals surface area contributed by atoms with Gasteiger partial charge in [0.15, 0.2) is 0 Å². The average molecular weight is 378 g/mol. The van der Waals surface area contributed by atoms with Crippen LogP contribution in [0.15, 0.2) is 0 Å². The molecule has 148 valence electrons. The predicted molar refractivity (Wildman–Crippen MR) is 79.9 cm³/mol. The van der Waals surface area contributed by atoms with E-state index in [1.165, 1.54) is 10.6 Å². The highest BCUT2D eigenvalue weighted by atomic mass is 19.3. The summed E-state index contributed by atoms with van der Waals surface area (Å²) in [5, 5.41) is 3.00. The molecule has 0 aliphatic heterocycles. The van der Waals surface area contributed by atoms with E-state index in [2.05, 4.69) is 0 Å². The van der Waals surface area contributed by atoms with E-state index in [9.17, 15) is 35.9 Å². The molecule has 10 heteroatoms. The topological polar surface area (TPSA) is 58.2 Å². The molecule has 2 N–H and O–H groups in total. The minimum Gasteiger partial charge on any atom is -0.351 e. The fraction of sp³-hybridized carbons (Fsp3) is 0.867. The summed E-state index contributed by atoms with van der Waals surface area (Å²) < 4.78 is 81.5. The van der Waals surface area contributed by atoms with E-state index in [-0.39, 0.29) is 25.9 Å². The highest BCUT2D eigenvalue weighted by Crippen LogP contribution is 2.46. The maximum Gasteiger partial charge on any atom is 0.393 e. The maximum absolute atomic E-state index is 13.6. The summed E-state index contributed by atoms with van der Waals surface area (Å²) in [7, 11) is 0. The Labute approximate surface area is 142 Å². The fourth-order valence-corrected chi connectivity index (χ4v) is 1.86. The maximum atomic E-state index is 13.6. The van der Waals surface area contributed by atoms with Crippen LogP contribution in [0.25, 0.3) is 0 Å². The number of rotatable bonds is 12. The summed E-state index contributed by atoms with van der Waals surface area (Å²) in [6.45, 7) is 2.86. The van der Waals surface area contributed by atoms with Crippen LogP contribution in [0, 0.1) is 0 Å². The number of carbonyl (C=O) groups excluding carboxylic acids is 2. The van der Waals surface area contributed by atoms with Crippen LogP contribution >= 0.6 is 0 Å². The van der Waals surface area contributed by atoms with Gasteiger partial charge in [-0.2, -0.15) is 26.3 Å². The Bertz CT molecular complexity index is 406. The summed E-state index contributed by atoms with van der Waals surface area (Å²) in [6.07, 6.45) is 2.91. The first kappa shape index (κ1) is 23.5. The first-order chi connectivity index (χ1) is 11.5. The van der Waals surface area contributed by atoms with E-state index in [1.54, 1.807) is 13.8 Å². The molecular weight excluding hydrogens is 354 g/mol. The van der Waals surface area contributed by atoms with E-state index < -0.39 is 29.6 Å². The molecule has 0 heterocycles. The molecule has 0 aliphatic carbocycles. The Hall–Kier alpha value is -1.48. The zero-order valence-electron chi connectivity index (χ0n) is 14.2. The van der Waals surface area contributed by atoms with Gasteiger partial charge in [0.2, 0.25) is 0 Å². The van der Waals surface area contributed by atoms with Crippen molar-refractivity contribution in [3.63, 3.8) is 0 Å². The van der Waals surface area contributed by atoms with Crippen LogP contribution in [0.5, 0.6) is 0 Å². The number of alkyl halides is 6. The normalized spacial score (nSPS) is 12.8. The molecule has 0 bridgehead atoms. The molecule has 0 spiro atoms. The summed E-state index contributed by atoms with van der Waals surface area (Å²) in [6, 6.07) is 0. The third-order valence-electron chi connectivity index (χ3n) is 3.49. The largest absolute Gasteiger partial charge is 0.393 e. The average Bonchev–Trinajstić information content (AvgIpc) is 2.54. The lowest BCUT2D eigenvalue weighted by Gasteiger charge is -2.30. The van der Waals surface area contributed by atoms with Crippen LogP contribution in [-0.2, 0) is 9.59 Å². The number of nitrogens with one attached hydrogen (secondary N) is 2. The summed E-state index contributed by atoms with van der Waals surface area (Å²) >= 11 is 0. The number of unbranched alkanes of at least 4 members (excludes halogenated alkanes) is 4. The van der Waals surface area contributed by atoms with Gasteiger partial charge in [-0.1, -0.05) is 39.5 Å². The standard InChI is InChI=1S/C15H24F6N2O2/c1-3-5-7-9-22-11(24)13(16,17)15(20,21)14(18,19)12(25)23-10-8-6-4-2/h3-10H2,1-2H3,(H,22,24)(H,23,25). The molecule has 0 atom stereocenters. The lowest BCUT2D eigenvalue weighted by Crippen LogP contribution is -2.65. The molecule has 0 saturated heterocycles. The Morgan fingerprint density at radius 3 is 1.28 bits per heavy atom. The number of carbonyl (C=O) groups is 2. The molecule has 0 radical (unpaired) electrons. The zero-order valence-corrected chi connectivity index (χ0v) is 14.2. The van der Waals surface area contributed by atoms with Gasteiger partial charge in [0.1, 0.15) is 0 Å². The molecule has 0 aromatic heterocycles. The summed E-state index contributed by atoms with van der Waals surface area (Å²) in [5.74, 6) is -22.7. The van der Waals surface area contributed by atoms with E-state index in [0.717, 1.165) is 0 Å². The number of halogens is 6. The van der Waals surface area contributed by atoms with Gasteiger partial charge in [0.25, 0.3) is 11.8 Å². The van der Waals surface area contributed by atoms with E-state index in [1.807, 2.05) is 0 Å². The summed E-state index contributed by atoms with van der Waals surface area (Å²) in [4.78, 5) is 22.5. The lowest BCUT2D eigenvalue weighted by molar-refractivity contribution is -0.287. The molecule has 4 nitrogen and oxygen atoms in total. The molecule has 0 fully saturated rings. The van der Waals surface area contributed by atoms with Gasteiger partial charge in [-0.25, -0.2) is 0 Å². The number of amides is 2. The van der Waals surface area contributed by atoms with Crippen molar-refractivity contribution in [2.75, 3.05) is 13.1 Å². The lowest BCUT2D eigenvalue weighted by atomic mass is 10.0. The molecular formula is C15H24F6N2O2. The van der Waals surface area contributed by atoms with E-state index >= 15 is 0 Å². The predicted octanol–water partition coefficient (Wildman–Crippen LogP) is 3.51. The second kappa shape index (κ2) is 9.86. The van der Waals surface area contributed by atoms with Crippen LogP contribution in [0.4, 0.5) is 26.3 Å². The van der Waals surface area contributed by atoms with Crippen molar-refractivity contribution in [3.8, 4) is 0 Å². The minimum absolute atomic E-state index is 0.234. The summed E-state index contributed by atoms with van der Waals surface area (Å²) in [5.41, 5.74) is 0. The number of hydrogen-bond acceptors (Lipinski definition) is 2. The molecule has 0 unspecified atom stereocenters. The number of hydrogen-bond donors (Lipinski definition) is 2. The minimum atomic E-state index is -6.16. The Balaban J connectivity index is 5.00. The van der Waals surface area contributed by atoms with Crippen molar-refractivity contribution in [1.82, 2.24) is 10.6 Å². The van der Waals surface area contributed by atoms with Gasteiger partial charge >= 0.3 is 17.8 Å². The van der Waals surface area contributed by atoms with Crippen LogP contribution in [0.3, 0.4) is 0 Å². The van der Waals surface area contributed by atoms with Crippen molar-refractivity contribution >= 4 is 11.8 Å². The molecule has 0 aromatic carbocycles. The fourth-order valence-electron chi connectivity index (χ4n) is 1.86. The highest BCUT2D eigenvalue weighted by Gasteiger charge is 2.77. The first-order valence-corrected chi connectivity index (χ1v) is 8.16. The van der Waals surface area contributed by atoms with Gasteiger partial charge in [-0.15, -0.1) is 0 Å². The Kier molecular flexibility index (Phi) is 9.28. The Morgan fingerprint density at radius 2 is 1.00 bits per heavy atom. The van der Waals surface area contributed by atoms with Crippen molar-refractivity contribution < 1.29 is 35.9 Å². The monoisotopic (exact) mass is 378 g/mol. The van der Waals surface area contributed by atoms with Gasteiger partial charge in [-0.05, 0) is 12.8 Å². The SMILES string of the molecule is CCCCCNC(=O)C(F)(F)C(F)(F)C(F)(F)C(=O)NCCCCC. The van der Waals surface area contributed by atoms with Crippen LogP contribution in [0.1, 0.15) is 52.4 Å². The molecule has 0 saturated carbocycles. The quantitative estimate of drug-likeness (QED) is 0.403. The van der Waals surface area contributed by atoms with Gasteiger partial charge in [0.05, 0.1) is 0 Å². The van der Waals surface area contributed by atoms with Gasteiger partial charge in [-0.3, -0.25) is 9.59 Å². The van der Waals surface area contributed by atoms with Crippen LogP contribution < -0.4 is 10.6 Å².